The number of benzene rings is 1. The van der Waals surface area contributed by atoms with Gasteiger partial charge >= 0.3 is 0 Å². The molecule has 0 spiro atoms. The van der Waals surface area contributed by atoms with E-state index in [0.717, 1.165) is 12.8 Å². The SMILES string of the molecule is CCCCCC(N)c1cccc(CCC)c1. The first kappa shape index (κ1) is 13.2. The van der Waals surface area contributed by atoms with Crippen LogP contribution in [0.4, 0.5) is 0 Å². The summed E-state index contributed by atoms with van der Waals surface area (Å²) in [7, 11) is 0. The molecule has 0 saturated carbocycles. The van der Waals surface area contributed by atoms with E-state index in [1.165, 1.54) is 36.8 Å². The Balaban J connectivity index is 2.53. The molecule has 1 aromatic rings. The first-order valence-electron chi connectivity index (χ1n) is 6.62. The zero-order valence-corrected chi connectivity index (χ0v) is 10.7. The molecule has 0 amide bonds. The largest absolute Gasteiger partial charge is 0.324 e. The lowest BCUT2D eigenvalue weighted by Crippen LogP contribution is -2.10. The zero-order valence-electron chi connectivity index (χ0n) is 10.7. The average Bonchev–Trinajstić information content (AvgIpc) is 2.30. The van der Waals surface area contributed by atoms with E-state index in [0.29, 0.717) is 0 Å². The highest BCUT2D eigenvalue weighted by Crippen LogP contribution is 2.19. The van der Waals surface area contributed by atoms with Crippen molar-refractivity contribution in [1.29, 1.82) is 0 Å². The van der Waals surface area contributed by atoms with Gasteiger partial charge in [0, 0.05) is 6.04 Å². The summed E-state index contributed by atoms with van der Waals surface area (Å²) in [4.78, 5) is 0. The van der Waals surface area contributed by atoms with Gasteiger partial charge in [-0.2, -0.15) is 0 Å². The van der Waals surface area contributed by atoms with Crippen molar-refractivity contribution in [3.05, 3.63) is 35.4 Å². The smallest absolute Gasteiger partial charge is 0.0294 e. The van der Waals surface area contributed by atoms with Crippen LogP contribution in [-0.2, 0) is 6.42 Å². The van der Waals surface area contributed by atoms with Crippen molar-refractivity contribution >= 4 is 0 Å². The zero-order chi connectivity index (χ0) is 11.8. The van der Waals surface area contributed by atoms with E-state index in [1.807, 2.05) is 0 Å². The molecule has 1 rings (SSSR count). The van der Waals surface area contributed by atoms with Crippen LogP contribution in [0.15, 0.2) is 24.3 Å². The molecule has 2 N–H and O–H groups in total. The molecule has 1 atom stereocenters. The van der Waals surface area contributed by atoms with Crippen LogP contribution < -0.4 is 5.73 Å². The lowest BCUT2D eigenvalue weighted by molar-refractivity contribution is 0.581. The molecule has 0 bridgehead atoms. The van der Waals surface area contributed by atoms with Crippen molar-refractivity contribution < 1.29 is 0 Å². The van der Waals surface area contributed by atoms with Crippen LogP contribution in [0.5, 0.6) is 0 Å². The van der Waals surface area contributed by atoms with E-state index < -0.39 is 0 Å². The third kappa shape index (κ3) is 4.36. The van der Waals surface area contributed by atoms with E-state index in [4.69, 9.17) is 5.73 Å². The van der Waals surface area contributed by atoms with Crippen LogP contribution in [0.25, 0.3) is 0 Å². The van der Waals surface area contributed by atoms with Gasteiger partial charge in [-0.25, -0.2) is 0 Å². The van der Waals surface area contributed by atoms with E-state index in [9.17, 15) is 0 Å². The van der Waals surface area contributed by atoms with E-state index in [2.05, 4.69) is 38.1 Å². The molecule has 0 fully saturated rings. The van der Waals surface area contributed by atoms with E-state index in [-0.39, 0.29) is 6.04 Å². The van der Waals surface area contributed by atoms with Crippen molar-refractivity contribution in [2.45, 2.75) is 58.4 Å². The Morgan fingerprint density at radius 1 is 1.12 bits per heavy atom. The number of hydrogen-bond donors (Lipinski definition) is 1. The molecule has 0 aliphatic heterocycles. The second kappa shape index (κ2) is 7.45. The maximum atomic E-state index is 6.20. The highest BCUT2D eigenvalue weighted by Gasteiger charge is 2.05. The first-order chi connectivity index (χ1) is 7.77. The summed E-state index contributed by atoms with van der Waals surface area (Å²) >= 11 is 0. The minimum absolute atomic E-state index is 0.225. The van der Waals surface area contributed by atoms with Crippen LogP contribution in [0.2, 0.25) is 0 Å². The van der Waals surface area contributed by atoms with Crippen LogP contribution >= 0.6 is 0 Å². The monoisotopic (exact) mass is 219 g/mol. The molecule has 0 saturated heterocycles. The topological polar surface area (TPSA) is 26.0 Å². The van der Waals surface area contributed by atoms with E-state index >= 15 is 0 Å². The number of aryl methyl sites for hydroxylation is 1. The third-order valence-electron chi connectivity index (χ3n) is 3.04. The Morgan fingerprint density at radius 3 is 2.62 bits per heavy atom. The molecule has 0 aliphatic rings. The van der Waals surface area contributed by atoms with Gasteiger partial charge in [0.15, 0.2) is 0 Å². The Bertz CT molecular complexity index is 293. The number of hydrogen-bond acceptors (Lipinski definition) is 1. The van der Waals surface area contributed by atoms with E-state index in [1.54, 1.807) is 0 Å². The van der Waals surface area contributed by atoms with Crippen molar-refractivity contribution in [3.8, 4) is 0 Å². The lowest BCUT2D eigenvalue weighted by atomic mass is 9.98. The Kier molecular flexibility index (Phi) is 6.17. The van der Waals surface area contributed by atoms with Crippen molar-refractivity contribution in [3.63, 3.8) is 0 Å². The Morgan fingerprint density at radius 2 is 1.94 bits per heavy atom. The summed E-state index contributed by atoms with van der Waals surface area (Å²) in [5, 5.41) is 0. The second-order valence-electron chi connectivity index (χ2n) is 4.60. The molecular formula is C15H25N. The van der Waals surface area contributed by atoms with Crippen molar-refractivity contribution in [2.75, 3.05) is 0 Å². The Labute approximate surface area is 100 Å². The van der Waals surface area contributed by atoms with Gasteiger partial charge in [0.05, 0.1) is 0 Å². The molecule has 0 aliphatic carbocycles. The molecule has 0 heterocycles. The van der Waals surface area contributed by atoms with Crippen LogP contribution in [-0.4, -0.2) is 0 Å². The predicted molar refractivity (Wildman–Crippen MR) is 71.5 cm³/mol. The van der Waals surface area contributed by atoms with Gasteiger partial charge in [-0.1, -0.05) is 63.8 Å². The molecule has 1 aromatic carbocycles. The molecule has 16 heavy (non-hydrogen) atoms. The molecule has 0 radical (unpaired) electrons. The minimum atomic E-state index is 0.225. The van der Waals surface area contributed by atoms with Crippen LogP contribution in [0.3, 0.4) is 0 Å². The maximum Gasteiger partial charge on any atom is 0.0294 e. The third-order valence-corrected chi connectivity index (χ3v) is 3.04. The molecule has 1 heteroatoms. The summed E-state index contributed by atoms with van der Waals surface area (Å²) in [5.74, 6) is 0. The maximum absolute atomic E-state index is 6.20. The summed E-state index contributed by atoms with van der Waals surface area (Å²) in [6.07, 6.45) is 7.29. The molecule has 1 nitrogen and oxygen atoms in total. The quantitative estimate of drug-likeness (QED) is 0.683. The van der Waals surface area contributed by atoms with Gasteiger partial charge in [0.2, 0.25) is 0 Å². The fraction of sp³-hybridized carbons (Fsp3) is 0.600. The normalized spacial score (nSPS) is 12.7. The predicted octanol–water partition coefficient (Wildman–Crippen LogP) is 4.22. The van der Waals surface area contributed by atoms with Crippen LogP contribution in [0.1, 0.15) is 63.1 Å². The number of rotatable bonds is 7. The summed E-state index contributed by atoms with van der Waals surface area (Å²) < 4.78 is 0. The molecule has 90 valence electrons. The standard InChI is InChI=1S/C15H25N/c1-3-5-6-11-15(16)14-10-7-9-13(12-14)8-4-2/h7,9-10,12,15H,3-6,8,11,16H2,1-2H3. The Hall–Kier alpha value is -0.820. The fourth-order valence-electron chi connectivity index (χ4n) is 2.05. The molecule has 1 unspecified atom stereocenters. The summed E-state index contributed by atoms with van der Waals surface area (Å²) in [6.45, 7) is 4.45. The van der Waals surface area contributed by atoms with Gasteiger partial charge in [-0.15, -0.1) is 0 Å². The van der Waals surface area contributed by atoms with Crippen molar-refractivity contribution in [1.82, 2.24) is 0 Å². The van der Waals surface area contributed by atoms with Crippen LogP contribution in [0, 0.1) is 0 Å². The van der Waals surface area contributed by atoms with Gasteiger partial charge in [-0.3, -0.25) is 0 Å². The summed E-state index contributed by atoms with van der Waals surface area (Å²) in [6, 6.07) is 9.00. The van der Waals surface area contributed by atoms with Gasteiger partial charge in [0.25, 0.3) is 0 Å². The lowest BCUT2D eigenvalue weighted by Gasteiger charge is -2.13. The highest BCUT2D eigenvalue weighted by atomic mass is 14.6. The number of unbranched alkanes of at least 4 members (excludes halogenated alkanes) is 2. The van der Waals surface area contributed by atoms with Gasteiger partial charge < -0.3 is 5.73 Å². The highest BCUT2D eigenvalue weighted by molar-refractivity contribution is 5.25. The molecule has 0 aromatic heterocycles. The summed E-state index contributed by atoms with van der Waals surface area (Å²) in [5.41, 5.74) is 8.93. The minimum Gasteiger partial charge on any atom is -0.324 e. The molecular weight excluding hydrogens is 194 g/mol. The average molecular weight is 219 g/mol. The second-order valence-corrected chi connectivity index (χ2v) is 4.60. The van der Waals surface area contributed by atoms with Gasteiger partial charge in [-0.05, 0) is 24.0 Å². The fourth-order valence-corrected chi connectivity index (χ4v) is 2.05. The van der Waals surface area contributed by atoms with Crippen molar-refractivity contribution in [2.24, 2.45) is 5.73 Å². The van der Waals surface area contributed by atoms with Gasteiger partial charge in [0.1, 0.15) is 0 Å². The number of nitrogens with two attached hydrogens (primary N) is 1. The first-order valence-corrected chi connectivity index (χ1v) is 6.62.